The second-order valence-corrected chi connectivity index (χ2v) is 5.20. The molecule has 0 radical (unpaired) electrons. The highest BCUT2D eigenvalue weighted by molar-refractivity contribution is 6.04. The summed E-state index contributed by atoms with van der Waals surface area (Å²) in [6.07, 6.45) is 3.75. The molecule has 3 nitrogen and oxygen atoms in total. The molecule has 0 atom stereocenters. The zero-order valence-corrected chi connectivity index (χ0v) is 9.82. The van der Waals surface area contributed by atoms with Gasteiger partial charge < -0.3 is 4.42 Å². The van der Waals surface area contributed by atoms with Crippen LogP contribution < -0.4 is 0 Å². The van der Waals surface area contributed by atoms with Gasteiger partial charge in [0.2, 0.25) is 0 Å². The van der Waals surface area contributed by atoms with Crippen LogP contribution >= 0.6 is 0 Å². The molecule has 0 spiro atoms. The van der Waals surface area contributed by atoms with Crippen LogP contribution in [0.1, 0.15) is 38.9 Å². The molecule has 1 aliphatic rings. The van der Waals surface area contributed by atoms with E-state index in [1.54, 1.807) is 6.26 Å². The summed E-state index contributed by atoms with van der Waals surface area (Å²) in [6, 6.07) is 3.76. The fourth-order valence-corrected chi connectivity index (χ4v) is 2.21. The number of rotatable bonds is 2. The van der Waals surface area contributed by atoms with Crippen LogP contribution in [0.4, 0.5) is 0 Å². The molecule has 3 heteroatoms. The standard InChI is InChI=1S/C13H17NO2/c1-13(2)7-10(6-11(15)8-13)14-9-12-4-3-5-16-12/h3-5H,6-9H2,1-2H3. The van der Waals surface area contributed by atoms with Crippen molar-refractivity contribution in [2.45, 2.75) is 39.7 Å². The van der Waals surface area contributed by atoms with Gasteiger partial charge in [-0.1, -0.05) is 13.8 Å². The Morgan fingerprint density at radius 1 is 1.44 bits per heavy atom. The average molecular weight is 219 g/mol. The number of carbonyl (C=O) groups excluding carboxylic acids is 1. The minimum absolute atomic E-state index is 0.0668. The summed E-state index contributed by atoms with van der Waals surface area (Å²) in [6.45, 7) is 4.78. The monoisotopic (exact) mass is 219 g/mol. The van der Waals surface area contributed by atoms with E-state index in [-0.39, 0.29) is 5.41 Å². The summed E-state index contributed by atoms with van der Waals surface area (Å²) in [5.74, 6) is 1.15. The van der Waals surface area contributed by atoms with Gasteiger partial charge in [0, 0.05) is 18.6 Å². The largest absolute Gasteiger partial charge is 0.467 e. The quantitative estimate of drug-likeness (QED) is 0.767. The van der Waals surface area contributed by atoms with Crippen molar-refractivity contribution in [2.24, 2.45) is 10.4 Å². The Bertz CT molecular complexity index is 402. The van der Waals surface area contributed by atoms with E-state index in [9.17, 15) is 4.79 Å². The van der Waals surface area contributed by atoms with E-state index in [0.29, 0.717) is 25.2 Å². The number of furan rings is 1. The molecule has 1 aromatic rings. The van der Waals surface area contributed by atoms with Crippen LogP contribution in [0.25, 0.3) is 0 Å². The van der Waals surface area contributed by atoms with Crippen LogP contribution in [0.2, 0.25) is 0 Å². The zero-order valence-electron chi connectivity index (χ0n) is 9.82. The molecule has 0 amide bonds. The normalized spacial score (nSPS) is 22.6. The van der Waals surface area contributed by atoms with E-state index < -0.39 is 0 Å². The first-order valence-corrected chi connectivity index (χ1v) is 5.61. The topological polar surface area (TPSA) is 42.6 Å². The third-order valence-electron chi connectivity index (χ3n) is 2.80. The second-order valence-electron chi connectivity index (χ2n) is 5.20. The van der Waals surface area contributed by atoms with E-state index in [2.05, 4.69) is 18.8 Å². The SMILES string of the molecule is CC1(C)CC(=O)CC(=NCc2ccco2)C1. The van der Waals surface area contributed by atoms with Crippen molar-refractivity contribution in [2.75, 3.05) is 0 Å². The summed E-state index contributed by atoms with van der Waals surface area (Å²) < 4.78 is 5.21. The van der Waals surface area contributed by atoms with Gasteiger partial charge in [-0.25, -0.2) is 0 Å². The Kier molecular flexibility index (Phi) is 2.95. The van der Waals surface area contributed by atoms with Crippen LogP contribution in [0.3, 0.4) is 0 Å². The Balaban J connectivity index is 2.03. The van der Waals surface area contributed by atoms with Crippen LogP contribution in [0.5, 0.6) is 0 Å². The molecule has 1 fully saturated rings. The molecule has 1 saturated carbocycles. The van der Waals surface area contributed by atoms with E-state index in [4.69, 9.17) is 4.42 Å². The first kappa shape index (κ1) is 11.1. The lowest BCUT2D eigenvalue weighted by atomic mass is 9.76. The molecule has 0 N–H and O–H groups in total. The highest BCUT2D eigenvalue weighted by Gasteiger charge is 2.30. The van der Waals surface area contributed by atoms with Crippen LogP contribution in [-0.2, 0) is 11.3 Å². The lowest BCUT2D eigenvalue weighted by Crippen LogP contribution is -2.29. The molecule has 0 unspecified atom stereocenters. The molecule has 0 bridgehead atoms. The van der Waals surface area contributed by atoms with Crippen molar-refractivity contribution < 1.29 is 9.21 Å². The number of nitrogens with zero attached hydrogens (tertiary/aromatic N) is 1. The predicted molar refractivity (Wildman–Crippen MR) is 62.5 cm³/mol. The molecule has 1 aliphatic carbocycles. The van der Waals surface area contributed by atoms with Crippen molar-refractivity contribution in [3.05, 3.63) is 24.2 Å². The highest BCUT2D eigenvalue weighted by atomic mass is 16.3. The third-order valence-corrected chi connectivity index (χ3v) is 2.80. The molecular weight excluding hydrogens is 202 g/mol. The van der Waals surface area contributed by atoms with Gasteiger partial charge in [-0.05, 0) is 24.0 Å². The van der Waals surface area contributed by atoms with Crippen LogP contribution in [-0.4, -0.2) is 11.5 Å². The van der Waals surface area contributed by atoms with Gasteiger partial charge in [0.05, 0.1) is 12.8 Å². The van der Waals surface area contributed by atoms with Gasteiger partial charge >= 0.3 is 0 Å². The Morgan fingerprint density at radius 3 is 2.88 bits per heavy atom. The lowest BCUT2D eigenvalue weighted by molar-refractivity contribution is -0.120. The van der Waals surface area contributed by atoms with Crippen molar-refractivity contribution in [1.29, 1.82) is 0 Å². The summed E-state index contributed by atoms with van der Waals surface area (Å²) in [7, 11) is 0. The first-order chi connectivity index (χ1) is 7.55. The van der Waals surface area contributed by atoms with E-state index in [0.717, 1.165) is 17.9 Å². The molecule has 16 heavy (non-hydrogen) atoms. The van der Waals surface area contributed by atoms with Gasteiger partial charge in [0.1, 0.15) is 11.5 Å². The fraction of sp³-hybridized carbons (Fsp3) is 0.538. The number of Topliss-reactive ketones (excluding diaryl/α,β-unsaturated/α-hetero) is 1. The minimum atomic E-state index is 0.0668. The maximum absolute atomic E-state index is 11.5. The van der Waals surface area contributed by atoms with E-state index in [1.165, 1.54) is 0 Å². The summed E-state index contributed by atoms with van der Waals surface area (Å²) in [4.78, 5) is 16.0. The number of hydrogen-bond acceptors (Lipinski definition) is 3. The lowest BCUT2D eigenvalue weighted by Gasteiger charge is -2.29. The van der Waals surface area contributed by atoms with Gasteiger partial charge in [0.15, 0.2) is 0 Å². The minimum Gasteiger partial charge on any atom is -0.467 e. The highest BCUT2D eigenvalue weighted by Crippen LogP contribution is 2.31. The van der Waals surface area contributed by atoms with Crippen molar-refractivity contribution in [3.63, 3.8) is 0 Å². The predicted octanol–water partition coefficient (Wildman–Crippen LogP) is 3.00. The second kappa shape index (κ2) is 4.24. The van der Waals surface area contributed by atoms with Crippen molar-refractivity contribution in [1.82, 2.24) is 0 Å². The number of carbonyl (C=O) groups is 1. The third kappa shape index (κ3) is 2.81. The zero-order chi connectivity index (χ0) is 11.6. The van der Waals surface area contributed by atoms with Gasteiger partial charge in [-0.3, -0.25) is 9.79 Å². The molecule has 1 aromatic heterocycles. The van der Waals surface area contributed by atoms with Gasteiger partial charge in [-0.2, -0.15) is 0 Å². The number of aliphatic imine (C=N–C) groups is 1. The molecule has 0 aliphatic heterocycles. The Morgan fingerprint density at radius 2 is 2.25 bits per heavy atom. The maximum atomic E-state index is 11.5. The number of ketones is 1. The smallest absolute Gasteiger partial charge is 0.139 e. The fourth-order valence-electron chi connectivity index (χ4n) is 2.21. The molecule has 86 valence electrons. The van der Waals surface area contributed by atoms with Gasteiger partial charge in [0.25, 0.3) is 0 Å². The summed E-state index contributed by atoms with van der Waals surface area (Å²) in [5.41, 5.74) is 1.08. The summed E-state index contributed by atoms with van der Waals surface area (Å²) in [5, 5.41) is 0. The molecule has 0 saturated heterocycles. The Hall–Kier alpha value is -1.38. The molecule has 1 heterocycles. The Labute approximate surface area is 95.6 Å². The maximum Gasteiger partial charge on any atom is 0.139 e. The van der Waals surface area contributed by atoms with Gasteiger partial charge in [-0.15, -0.1) is 0 Å². The molecular formula is C13H17NO2. The number of hydrogen-bond donors (Lipinski definition) is 0. The van der Waals surface area contributed by atoms with E-state index in [1.807, 2.05) is 12.1 Å². The molecule has 2 rings (SSSR count). The molecule has 0 aromatic carbocycles. The van der Waals surface area contributed by atoms with E-state index >= 15 is 0 Å². The van der Waals surface area contributed by atoms with Crippen molar-refractivity contribution in [3.8, 4) is 0 Å². The first-order valence-electron chi connectivity index (χ1n) is 5.61. The van der Waals surface area contributed by atoms with Crippen molar-refractivity contribution >= 4 is 11.5 Å². The summed E-state index contributed by atoms with van der Waals surface area (Å²) >= 11 is 0. The van der Waals surface area contributed by atoms with Crippen LogP contribution in [0.15, 0.2) is 27.8 Å². The average Bonchev–Trinajstić information content (AvgIpc) is 2.63. The van der Waals surface area contributed by atoms with Crippen LogP contribution in [0, 0.1) is 5.41 Å².